The summed E-state index contributed by atoms with van der Waals surface area (Å²) in [4.78, 5) is 19.3. The summed E-state index contributed by atoms with van der Waals surface area (Å²) in [5.74, 6) is 1.62. The topological polar surface area (TPSA) is 71.2 Å². The maximum atomic E-state index is 12.7. The van der Waals surface area contributed by atoms with Crippen molar-refractivity contribution in [2.24, 2.45) is 11.7 Å². The van der Waals surface area contributed by atoms with Crippen LogP contribution in [0.4, 0.5) is 11.5 Å². The Morgan fingerprint density at radius 1 is 1.11 bits per heavy atom. The van der Waals surface area contributed by atoms with Gasteiger partial charge in [-0.25, -0.2) is 4.98 Å². The Labute approximate surface area is 174 Å². The van der Waals surface area contributed by atoms with Crippen LogP contribution >= 0.6 is 11.6 Å². The molecule has 2 aromatic rings. The molecular formula is C22H31ClN4O. The van der Waals surface area contributed by atoms with Crippen LogP contribution < -0.4 is 16.0 Å². The first kappa shape index (κ1) is 19.2. The van der Waals surface area contributed by atoms with Crippen molar-refractivity contribution >= 4 is 29.0 Å². The third-order valence-electron chi connectivity index (χ3n) is 6.00. The van der Waals surface area contributed by atoms with Crippen molar-refractivity contribution in [1.82, 2.24) is 4.98 Å². The highest BCUT2D eigenvalue weighted by molar-refractivity contribution is 6.30. The van der Waals surface area contributed by atoms with Crippen molar-refractivity contribution in [1.29, 1.82) is 0 Å². The molecule has 1 unspecified atom stereocenters. The van der Waals surface area contributed by atoms with E-state index in [1.807, 2.05) is 24.3 Å². The van der Waals surface area contributed by atoms with Crippen LogP contribution in [0.1, 0.15) is 46.4 Å². The van der Waals surface area contributed by atoms with Crippen molar-refractivity contribution in [3.05, 3.63) is 53.2 Å². The van der Waals surface area contributed by atoms with Gasteiger partial charge in [-0.3, -0.25) is 4.79 Å². The Hall–Kier alpha value is -2.11. The number of nitrogens with zero attached hydrogens (tertiary/aromatic N) is 2. The number of halogens is 1. The molecule has 3 N–H and O–H groups in total. The Kier molecular flexibility index (Phi) is 5.83. The standard InChI is InChI=1S/C22H27ClN4O.2H2/c23-18-7-5-16(6-8-18)15-1-3-17(4-2-15)22(28)26-20-9-10-21(25-13-20)27-12-11-19(24)14-27;;/h5-10,13,15,17,19H,1-4,11-12,14,24H2,(H,26,28);2*1H. The van der Waals surface area contributed by atoms with Gasteiger partial charge < -0.3 is 16.0 Å². The van der Waals surface area contributed by atoms with Gasteiger partial charge in [-0.1, -0.05) is 23.7 Å². The molecule has 1 atom stereocenters. The second-order valence-electron chi connectivity index (χ2n) is 7.99. The Bertz CT molecular complexity index is 811. The van der Waals surface area contributed by atoms with Crippen LogP contribution in [0.25, 0.3) is 0 Å². The molecule has 152 valence electrons. The molecule has 2 aliphatic rings. The van der Waals surface area contributed by atoms with Crippen LogP contribution in [0.3, 0.4) is 0 Å². The molecule has 2 heterocycles. The van der Waals surface area contributed by atoms with Crippen molar-refractivity contribution < 1.29 is 7.65 Å². The fraction of sp³-hybridized carbons (Fsp3) is 0.455. The van der Waals surface area contributed by atoms with Gasteiger partial charge in [-0.05, 0) is 67.9 Å². The van der Waals surface area contributed by atoms with E-state index >= 15 is 0 Å². The second-order valence-corrected chi connectivity index (χ2v) is 8.43. The van der Waals surface area contributed by atoms with Gasteiger partial charge in [0.15, 0.2) is 0 Å². The number of anilines is 2. The summed E-state index contributed by atoms with van der Waals surface area (Å²) >= 11 is 5.98. The van der Waals surface area contributed by atoms with Gasteiger partial charge in [0.2, 0.25) is 5.91 Å². The third-order valence-corrected chi connectivity index (χ3v) is 6.26. The summed E-state index contributed by atoms with van der Waals surface area (Å²) in [6.07, 6.45) is 6.64. The molecule has 0 spiro atoms. The molecule has 1 saturated heterocycles. The molecule has 0 bridgehead atoms. The first-order valence-corrected chi connectivity index (χ1v) is 10.5. The minimum atomic E-state index is 0. The molecule has 1 aliphatic carbocycles. The molecule has 5 nitrogen and oxygen atoms in total. The molecule has 1 aromatic carbocycles. The average molecular weight is 403 g/mol. The smallest absolute Gasteiger partial charge is 0.227 e. The molecule has 6 heteroatoms. The van der Waals surface area contributed by atoms with Crippen LogP contribution in [0.5, 0.6) is 0 Å². The minimum absolute atomic E-state index is 0. The highest BCUT2D eigenvalue weighted by Crippen LogP contribution is 2.36. The van der Waals surface area contributed by atoms with E-state index in [1.54, 1.807) is 6.20 Å². The SMILES string of the molecule is NC1CCN(c2ccc(NC(=O)C3CCC(c4ccc(Cl)cc4)CC3)cn2)C1.[HH].[HH]. The van der Waals surface area contributed by atoms with E-state index in [0.717, 1.165) is 61.7 Å². The summed E-state index contributed by atoms with van der Waals surface area (Å²) in [6.45, 7) is 1.78. The zero-order valence-corrected chi connectivity index (χ0v) is 16.7. The summed E-state index contributed by atoms with van der Waals surface area (Å²) in [5, 5.41) is 3.81. The molecule has 0 radical (unpaired) electrons. The third kappa shape index (κ3) is 4.47. The molecule has 4 rings (SSSR count). The first-order chi connectivity index (χ1) is 13.6. The van der Waals surface area contributed by atoms with Gasteiger partial charge in [-0.2, -0.15) is 0 Å². The Morgan fingerprint density at radius 3 is 2.46 bits per heavy atom. The number of hydrogen-bond acceptors (Lipinski definition) is 4. The lowest BCUT2D eigenvalue weighted by Crippen LogP contribution is -2.27. The van der Waals surface area contributed by atoms with Crippen LogP contribution in [0.15, 0.2) is 42.6 Å². The lowest BCUT2D eigenvalue weighted by molar-refractivity contribution is -0.120. The summed E-state index contributed by atoms with van der Waals surface area (Å²) in [5.41, 5.74) is 8.05. The van der Waals surface area contributed by atoms with E-state index in [1.165, 1.54) is 5.56 Å². The maximum absolute atomic E-state index is 12.7. The fourth-order valence-corrected chi connectivity index (χ4v) is 4.44. The van der Waals surface area contributed by atoms with Crippen LogP contribution in [0, 0.1) is 5.92 Å². The van der Waals surface area contributed by atoms with Crippen molar-refractivity contribution in [3.8, 4) is 0 Å². The number of nitrogens with two attached hydrogens (primary N) is 1. The van der Waals surface area contributed by atoms with Crippen molar-refractivity contribution in [3.63, 3.8) is 0 Å². The predicted octanol–water partition coefficient (Wildman–Crippen LogP) is 4.68. The maximum Gasteiger partial charge on any atom is 0.227 e. The molecular weight excluding hydrogens is 372 g/mol. The fourth-order valence-electron chi connectivity index (χ4n) is 4.31. The van der Waals surface area contributed by atoms with E-state index in [2.05, 4.69) is 27.3 Å². The van der Waals surface area contributed by atoms with Crippen molar-refractivity contribution in [2.75, 3.05) is 23.3 Å². The highest BCUT2D eigenvalue weighted by Gasteiger charge is 2.27. The summed E-state index contributed by atoms with van der Waals surface area (Å²) in [6, 6.07) is 12.2. The number of amides is 1. The normalized spacial score (nSPS) is 24.9. The average Bonchev–Trinajstić information content (AvgIpc) is 3.15. The number of carbonyl (C=O) groups is 1. The van der Waals surface area contributed by atoms with Gasteiger partial charge in [0.25, 0.3) is 0 Å². The number of nitrogens with one attached hydrogen (secondary N) is 1. The number of rotatable bonds is 4. The Morgan fingerprint density at radius 2 is 1.86 bits per heavy atom. The zero-order valence-electron chi connectivity index (χ0n) is 16.0. The largest absolute Gasteiger partial charge is 0.355 e. The van der Waals surface area contributed by atoms with E-state index in [0.29, 0.717) is 5.92 Å². The minimum Gasteiger partial charge on any atom is -0.355 e. The summed E-state index contributed by atoms with van der Waals surface area (Å²) < 4.78 is 0. The second kappa shape index (κ2) is 8.50. The van der Waals surface area contributed by atoms with E-state index in [9.17, 15) is 4.79 Å². The van der Waals surface area contributed by atoms with Gasteiger partial charge in [-0.15, -0.1) is 0 Å². The molecule has 2 fully saturated rings. The van der Waals surface area contributed by atoms with E-state index in [-0.39, 0.29) is 20.7 Å². The quantitative estimate of drug-likeness (QED) is 0.779. The van der Waals surface area contributed by atoms with Crippen molar-refractivity contribution in [2.45, 2.75) is 44.1 Å². The van der Waals surface area contributed by atoms with Gasteiger partial charge in [0, 0.05) is 32.9 Å². The lowest BCUT2D eigenvalue weighted by atomic mass is 9.78. The van der Waals surface area contributed by atoms with E-state index < -0.39 is 0 Å². The van der Waals surface area contributed by atoms with Gasteiger partial charge >= 0.3 is 0 Å². The predicted molar refractivity (Wildman–Crippen MR) is 118 cm³/mol. The molecule has 1 aromatic heterocycles. The zero-order chi connectivity index (χ0) is 19.5. The van der Waals surface area contributed by atoms with Crippen LogP contribution in [0.2, 0.25) is 5.02 Å². The van der Waals surface area contributed by atoms with E-state index in [4.69, 9.17) is 17.3 Å². The lowest BCUT2D eigenvalue weighted by Gasteiger charge is -2.28. The van der Waals surface area contributed by atoms with Gasteiger partial charge in [0.05, 0.1) is 11.9 Å². The number of aromatic nitrogens is 1. The highest BCUT2D eigenvalue weighted by atomic mass is 35.5. The summed E-state index contributed by atoms with van der Waals surface area (Å²) in [7, 11) is 0. The van der Waals surface area contributed by atoms with Gasteiger partial charge in [0.1, 0.15) is 5.82 Å². The molecule has 28 heavy (non-hydrogen) atoms. The molecule has 1 aliphatic heterocycles. The monoisotopic (exact) mass is 402 g/mol. The van der Waals surface area contributed by atoms with Crippen LogP contribution in [-0.4, -0.2) is 30.0 Å². The molecule has 1 saturated carbocycles. The number of hydrogen-bond donors (Lipinski definition) is 2. The number of benzene rings is 1. The Balaban J connectivity index is 0.00000160. The number of pyridine rings is 1. The van der Waals surface area contributed by atoms with Crippen LogP contribution in [-0.2, 0) is 4.79 Å². The first-order valence-electron chi connectivity index (χ1n) is 10.1. The number of carbonyl (C=O) groups excluding carboxylic acids is 1. The molecule has 1 amide bonds.